The molecular formula is C10H14N4O2S. The molecule has 0 saturated carbocycles. The third-order valence-electron chi connectivity index (χ3n) is 2.33. The SMILES string of the molecule is CCC(OC)c1noc(-c2csc(CN)n2)n1. The number of methoxy groups -OCH3 is 1. The van der Waals surface area contributed by atoms with E-state index in [-0.39, 0.29) is 6.10 Å². The molecule has 0 bridgehead atoms. The molecule has 0 aliphatic rings. The highest BCUT2D eigenvalue weighted by atomic mass is 32.1. The number of nitrogens with zero attached hydrogens (tertiary/aromatic N) is 3. The number of aromatic nitrogens is 3. The molecular weight excluding hydrogens is 240 g/mol. The molecule has 0 amide bonds. The van der Waals surface area contributed by atoms with E-state index in [1.165, 1.54) is 11.3 Å². The van der Waals surface area contributed by atoms with Gasteiger partial charge in [-0.15, -0.1) is 11.3 Å². The van der Waals surface area contributed by atoms with Gasteiger partial charge in [0.25, 0.3) is 5.89 Å². The van der Waals surface area contributed by atoms with Gasteiger partial charge in [0.1, 0.15) is 16.8 Å². The van der Waals surface area contributed by atoms with E-state index >= 15 is 0 Å². The zero-order valence-corrected chi connectivity index (χ0v) is 10.5. The Hall–Kier alpha value is -1.31. The number of rotatable bonds is 5. The monoisotopic (exact) mass is 254 g/mol. The second-order valence-corrected chi connectivity index (χ2v) is 4.36. The molecule has 0 aromatic carbocycles. The molecule has 2 aromatic rings. The van der Waals surface area contributed by atoms with E-state index in [1.807, 2.05) is 12.3 Å². The number of hydrogen-bond acceptors (Lipinski definition) is 7. The molecule has 7 heteroatoms. The molecule has 2 heterocycles. The second kappa shape index (κ2) is 5.35. The van der Waals surface area contributed by atoms with Gasteiger partial charge in [0.15, 0.2) is 0 Å². The first-order valence-corrected chi connectivity index (χ1v) is 6.17. The topological polar surface area (TPSA) is 87.1 Å². The van der Waals surface area contributed by atoms with Crippen molar-refractivity contribution in [2.24, 2.45) is 5.73 Å². The van der Waals surface area contributed by atoms with Gasteiger partial charge < -0.3 is 15.0 Å². The van der Waals surface area contributed by atoms with Crippen molar-refractivity contribution in [1.29, 1.82) is 0 Å². The van der Waals surface area contributed by atoms with Crippen LogP contribution >= 0.6 is 11.3 Å². The third kappa shape index (κ3) is 2.51. The summed E-state index contributed by atoms with van der Waals surface area (Å²) < 4.78 is 10.4. The van der Waals surface area contributed by atoms with Crippen molar-refractivity contribution in [1.82, 2.24) is 15.1 Å². The van der Waals surface area contributed by atoms with E-state index < -0.39 is 0 Å². The lowest BCUT2D eigenvalue weighted by Gasteiger charge is -2.05. The largest absolute Gasteiger partial charge is 0.373 e. The van der Waals surface area contributed by atoms with Crippen LogP contribution in [0.25, 0.3) is 11.6 Å². The molecule has 2 N–H and O–H groups in total. The highest BCUT2D eigenvalue weighted by Crippen LogP contribution is 2.23. The number of thiazole rings is 1. The van der Waals surface area contributed by atoms with Gasteiger partial charge in [-0.3, -0.25) is 0 Å². The van der Waals surface area contributed by atoms with Crippen molar-refractivity contribution in [2.75, 3.05) is 7.11 Å². The summed E-state index contributed by atoms with van der Waals surface area (Å²) in [4.78, 5) is 8.55. The Balaban J connectivity index is 2.22. The van der Waals surface area contributed by atoms with Crippen LogP contribution in [0, 0.1) is 0 Å². The summed E-state index contributed by atoms with van der Waals surface area (Å²) in [5.41, 5.74) is 6.17. The van der Waals surface area contributed by atoms with Gasteiger partial charge in [-0.1, -0.05) is 12.1 Å². The van der Waals surface area contributed by atoms with Crippen molar-refractivity contribution in [3.05, 3.63) is 16.2 Å². The molecule has 0 aliphatic carbocycles. The van der Waals surface area contributed by atoms with Gasteiger partial charge >= 0.3 is 0 Å². The Bertz CT molecular complexity index is 478. The molecule has 2 rings (SSSR count). The summed E-state index contributed by atoms with van der Waals surface area (Å²) >= 11 is 1.48. The van der Waals surface area contributed by atoms with Crippen molar-refractivity contribution in [3.63, 3.8) is 0 Å². The van der Waals surface area contributed by atoms with E-state index in [1.54, 1.807) is 7.11 Å². The van der Waals surface area contributed by atoms with Crippen LogP contribution in [-0.2, 0) is 11.3 Å². The van der Waals surface area contributed by atoms with E-state index in [9.17, 15) is 0 Å². The zero-order valence-electron chi connectivity index (χ0n) is 9.71. The molecule has 17 heavy (non-hydrogen) atoms. The Kier molecular flexibility index (Phi) is 3.82. The van der Waals surface area contributed by atoms with Crippen LogP contribution in [0.5, 0.6) is 0 Å². The Labute approximate surface area is 103 Å². The van der Waals surface area contributed by atoms with Gasteiger partial charge in [0, 0.05) is 19.0 Å². The third-order valence-corrected chi connectivity index (χ3v) is 3.20. The summed E-state index contributed by atoms with van der Waals surface area (Å²) in [6.07, 6.45) is 0.653. The first-order valence-electron chi connectivity index (χ1n) is 5.29. The van der Waals surface area contributed by atoms with E-state index in [4.69, 9.17) is 15.0 Å². The maximum absolute atomic E-state index is 5.50. The summed E-state index contributed by atoms with van der Waals surface area (Å²) in [6, 6.07) is 0. The van der Waals surface area contributed by atoms with Crippen LogP contribution in [0.4, 0.5) is 0 Å². The maximum atomic E-state index is 5.50. The Morgan fingerprint density at radius 2 is 2.35 bits per heavy atom. The lowest BCUT2D eigenvalue weighted by Crippen LogP contribution is -2.01. The first kappa shape index (κ1) is 12.2. The molecule has 0 spiro atoms. The van der Waals surface area contributed by atoms with Crippen molar-refractivity contribution >= 4 is 11.3 Å². The minimum absolute atomic E-state index is 0.139. The van der Waals surface area contributed by atoms with Crippen LogP contribution in [0.3, 0.4) is 0 Å². The lowest BCUT2D eigenvalue weighted by molar-refractivity contribution is 0.0903. The number of nitrogens with two attached hydrogens (primary N) is 1. The maximum Gasteiger partial charge on any atom is 0.277 e. The fraction of sp³-hybridized carbons (Fsp3) is 0.500. The predicted octanol–water partition coefficient (Wildman–Crippen LogP) is 1.75. The molecule has 2 aromatic heterocycles. The molecule has 1 unspecified atom stereocenters. The summed E-state index contributed by atoms with van der Waals surface area (Å²) in [7, 11) is 1.62. The average molecular weight is 254 g/mol. The van der Waals surface area contributed by atoms with Gasteiger partial charge in [0.2, 0.25) is 5.82 Å². The van der Waals surface area contributed by atoms with Crippen LogP contribution in [0.1, 0.15) is 30.3 Å². The van der Waals surface area contributed by atoms with Gasteiger partial charge in [-0.2, -0.15) is 4.98 Å². The zero-order chi connectivity index (χ0) is 12.3. The van der Waals surface area contributed by atoms with Crippen LogP contribution in [0.2, 0.25) is 0 Å². The van der Waals surface area contributed by atoms with Gasteiger partial charge in [-0.05, 0) is 6.42 Å². The Morgan fingerprint density at radius 1 is 1.53 bits per heavy atom. The standard InChI is InChI=1S/C10H14N4O2S/c1-3-7(15-2)9-13-10(16-14-9)6-5-17-8(4-11)12-6/h5,7H,3-4,11H2,1-2H3. The van der Waals surface area contributed by atoms with Crippen molar-refractivity contribution in [3.8, 4) is 11.6 Å². The van der Waals surface area contributed by atoms with Crippen LogP contribution in [0.15, 0.2) is 9.90 Å². The average Bonchev–Trinajstić information content (AvgIpc) is 2.98. The molecule has 92 valence electrons. The Morgan fingerprint density at radius 3 is 2.94 bits per heavy atom. The normalized spacial score (nSPS) is 12.9. The number of hydrogen-bond donors (Lipinski definition) is 1. The number of ether oxygens (including phenoxy) is 1. The van der Waals surface area contributed by atoms with E-state index in [0.717, 1.165) is 11.4 Å². The van der Waals surface area contributed by atoms with Crippen molar-refractivity contribution < 1.29 is 9.26 Å². The fourth-order valence-electron chi connectivity index (χ4n) is 1.43. The second-order valence-electron chi connectivity index (χ2n) is 3.42. The predicted molar refractivity (Wildman–Crippen MR) is 63.3 cm³/mol. The molecule has 0 fully saturated rings. The minimum Gasteiger partial charge on any atom is -0.373 e. The summed E-state index contributed by atoms with van der Waals surface area (Å²) in [5, 5.41) is 6.59. The smallest absolute Gasteiger partial charge is 0.277 e. The summed E-state index contributed by atoms with van der Waals surface area (Å²) in [5.74, 6) is 0.957. The minimum atomic E-state index is -0.139. The fourth-order valence-corrected chi connectivity index (χ4v) is 2.08. The molecule has 0 aliphatic heterocycles. The van der Waals surface area contributed by atoms with E-state index in [2.05, 4.69) is 15.1 Å². The van der Waals surface area contributed by atoms with E-state index in [0.29, 0.717) is 24.0 Å². The quantitative estimate of drug-likeness (QED) is 0.874. The van der Waals surface area contributed by atoms with Gasteiger partial charge in [-0.25, -0.2) is 4.98 Å². The van der Waals surface area contributed by atoms with Gasteiger partial charge in [0.05, 0.1) is 0 Å². The van der Waals surface area contributed by atoms with Crippen molar-refractivity contribution in [2.45, 2.75) is 26.0 Å². The molecule has 0 saturated heterocycles. The molecule has 1 atom stereocenters. The highest BCUT2D eigenvalue weighted by Gasteiger charge is 2.18. The molecule has 6 nitrogen and oxygen atoms in total. The first-order chi connectivity index (χ1) is 8.28. The summed E-state index contributed by atoms with van der Waals surface area (Å²) in [6.45, 7) is 2.42. The lowest BCUT2D eigenvalue weighted by atomic mass is 10.2. The molecule has 0 radical (unpaired) electrons. The highest BCUT2D eigenvalue weighted by molar-refractivity contribution is 7.09. The van der Waals surface area contributed by atoms with Crippen LogP contribution in [-0.4, -0.2) is 22.2 Å². The van der Waals surface area contributed by atoms with Crippen LogP contribution < -0.4 is 5.73 Å².